The quantitative estimate of drug-likeness (QED) is 0.744. The summed E-state index contributed by atoms with van der Waals surface area (Å²) >= 11 is 0. The molecule has 2 N–H and O–H groups in total. The first-order chi connectivity index (χ1) is 6.36. The third kappa shape index (κ3) is 1.86. The smallest absolute Gasteiger partial charge is 0.225 e. The van der Waals surface area contributed by atoms with Gasteiger partial charge in [0.05, 0.1) is 4.90 Å². The zero-order chi connectivity index (χ0) is 10.9. The fourth-order valence-corrected chi connectivity index (χ4v) is 1.36. The molecule has 74 valence electrons. The third-order valence-electron chi connectivity index (χ3n) is 1.46. The maximum Gasteiger partial charge on any atom is 0.238 e. The van der Waals surface area contributed by atoms with Gasteiger partial charge in [-0.1, -0.05) is 0 Å². The molecule has 1 aromatic rings. The average molecular weight is 218 g/mol. The molecule has 0 aromatic heterocycles. The Balaban J connectivity index is 3.53. The van der Waals surface area contributed by atoms with Crippen LogP contribution in [0.5, 0.6) is 0 Å². The standard InChI is InChI=1S/C7H4F2N2O2S/c8-6-1-4(14(11,12)13)2-7(9)5(6)3-10/h1-2H,(H2,11,12,13). The molecule has 4 nitrogen and oxygen atoms in total. The Bertz CT molecular complexity index is 496. The molecule has 0 fully saturated rings. The van der Waals surface area contributed by atoms with Crippen LogP contribution in [0.15, 0.2) is 17.0 Å². The van der Waals surface area contributed by atoms with Crippen molar-refractivity contribution in [2.75, 3.05) is 0 Å². The van der Waals surface area contributed by atoms with E-state index in [1.807, 2.05) is 0 Å². The molecule has 0 saturated heterocycles. The third-order valence-corrected chi connectivity index (χ3v) is 2.35. The predicted molar refractivity (Wildman–Crippen MR) is 42.4 cm³/mol. The molecule has 0 atom stereocenters. The lowest BCUT2D eigenvalue weighted by Gasteiger charge is -2.00. The molecule has 7 heteroatoms. The Hall–Kier alpha value is -1.52. The largest absolute Gasteiger partial charge is 0.238 e. The fourth-order valence-electron chi connectivity index (χ4n) is 0.821. The molecule has 1 aromatic carbocycles. The SMILES string of the molecule is N#Cc1c(F)cc(S(N)(=O)=O)cc1F. The van der Waals surface area contributed by atoms with Gasteiger partial charge in [0.1, 0.15) is 23.3 Å². The minimum absolute atomic E-state index is 0.497. The molecule has 0 bridgehead atoms. The highest BCUT2D eigenvalue weighted by atomic mass is 32.2. The minimum Gasteiger partial charge on any atom is -0.225 e. The van der Waals surface area contributed by atoms with E-state index >= 15 is 0 Å². The van der Waals surface area contributed by atoms with E-state index in [0.717, 1.165) is 0 Å². The monoisotopic (exact) mass is 218 g/mol. The van der Waals surface area contributed by atoms with E-state index in [-0.39, 0.29) is 0 Å². The Kier molecular flexibility index (Phi) is 2.51. The molecule has 0 aliphatic rings. The molecule has 0 aliphatic heterocycles. The lowest BCUT2D eigenvalue weighted by atomic mass is 10.2. The number of benzene rings is 1. The van der Waals surface area contributed by atoms with Gasteiger partial charge in [-0.15, -0.1) is 0 Å². The Morgan fingerprint density at radius 3 is 2.00 bits per heavy atom. The van der Waals surface area contributed by atoms with Gasteiger partial charge in [-0.3, -0.25) is 0 Å². The van der Waals surface area contributed by atoms with Crippen LogP contribution in [0.4, 0.5) is 8.78 Å². The van der Waals surface area contributed by atoms with E-state index in [2.05, 4.69) is 5.14 Å². The van der Waals surface area contributed by atoms with Gasteiger partial charge >= 0.3 is 0 Å². The van der Waals surface area contributed by atoms with Crippen LogP contribution in [0.1, 0.15) is 5.56 Å². The summed E-state index contributed by atoms with van der Waals surface area (Å²) in [6.07, 6.45) is 0. The number of halogens is 2. The predicted octanol–water partition coefficient (Wildman–Crippen LogP) is 0.484. The molecule has 0 unspecified atom stereocenters. The van der Waals surface area contributed by atoms with Crippen LogP contribution in [0.25, 0.3) is 0 Å². The van der Waals surface area contributed by atoms with Crippen molar-refractivity contribution in [2.24, 2.45) is 5.14 Å². The van der Waals surface area contributed by atoms with Gasteiger partial charge in [0.2, 0.25) is 10.0 Å². The molecule has 1 rings (SSSR count). The number of nitrogens with zero attached hydrogens (tertiary/aromatic N) is 1. The van der Waals surface area contributed by atoms with Crippen molar-refractivity contribution < 1.29 is 17.2 Å². The summed E-state index contributed by atoms with van der Waals surface area (Å²) in [5.74, 6) is -2.51. The molecule has 0 saturated carbocycles. The second-order valence-electron chi connectivity index (χ2n) is 2.42. The van der Waals surface area contributed by atoms with Crippen LogP contribution in [-0.2, 0) is 10.0 Å². The lowest BCUT2D eigenvalue weighted by molar-refractivity contribution is 0.562. The van der Waals surface area contributed by atoms with Crippen molar-refractivity contribution in [3.05, 3.63) is 29.3 Å². The van der Waals surface area contributed by atoms with E-state index in [0.29, 0.717) is 12.1 Å². The lowest BCUT2D eigenvalue weighted by Crippen LogP contribution is -2.13. The van der Waals surface area contributed by atoms with Gasteiger partial charge in [0, 0.05) is 0 Å². The average Bonchev–Trinajstić information content (AvgIpc) is 2.01. The van der Waals surface area contributed by atoms with Crippen molar-refractivity contribution in [1.82, 2.24) is 0 Å². The summed E-state index contributed by atoms with van der Waals surface area (Å²) < 4.78 is 47.1. The zero-order valence-electron chi connectivity index (χ0n) is 6.66. The first-order valence-electron chi connectivity index (χ1n) is 3.28. The second-order valence-corrected chi connectivity index (χ2v) is 3.98. The number of nitriles is 1. The highest BCUT2D eigenvalue weighted by molar-refractivity contribution is 7.89. The molecular formula is C7H4F2N2O2S. The first-order valence-corrected chi connectivity index (χ1v) is 4.83. The summed E-state index contributed by atoms with van der Waals surface area (Å²) in [7, 11) is -4.16. The number of sulfonamides is 1. The van der Waals surface area contributed by atoms with Crippen molar-refractivity contribution in [2.45, 2.75) is 4.90 Å². The highest BCUT2D eigenvalue weighted by Crippen LogP contribution is 2.16. The van der Waals surface area contributed by atoms with Gasteiger partial charge < -0.3 is 0 Å². The van der Waals surface area contributed by atoms with Crippen molar-refractivity contribution in [1.29, 1.82) is 5.26 Å². The van der Waals surface area contributed by atoms with Crippen molar-refractivity contribution >= 4 is 10.0 Å². The van der Waals surface area contributed by atoms with Crippen LogP contribution in [0.2, 0.25) is 0 Å². The Morgan fingerprint density at radius 1 is 1.29 bits per heavy atom. The Morgan fingerprint density at radius 2 is 1.71 bits per heavy atom. The van der Waals surface area contributed by atoms with Gasteiger partial charge in [-0.25, -0.2) is 22.3 Å². The summed E-state index contributed by atoms with van der Waals surface area (Å²) in [6, 6.07) is 2.25. The number of primary sulfonamides is 1. The number of nitrogens with two attached hydrogens (primary N) is 1. The second kappa shape index (κ2) is 3.32. The van der Waals surface area contributed by atoms with Crippen LogP contribution in [0.3, 0.4) is 0 Å². The molecule has 14 heavy (non-hydrogen) atoms. The number of rotatable bonds is 1. The van der Waals surface area contributed by atoms with Gasteiger partial charge in [-0.2, -0.15) is 5.26 Å². The van der Waals surface area contributed by atoms with Crippen LogP contribution < -0.4 is 5.14 Å². The zero-order valence-corrected chi connectivity index (χ0v) is 7.48. The fraction of sp³-hybridized carbons (Fsp3) is 0. The van der Waals surface area contributed by atoms with Gasteiger partial charge in [0.25, 0.3) is 0 Å². The molecular weight excluding hydrogens is 214 g/mol. The molecule has 0 aliphatic carbocycles. The maximum atomic E-state index is 12.9. The first kappa shape index (κ1) is 10.6. The van der Waals surface area contributed by atoms with Crippen molar-refractivity contribution in [3.63, 3.8) is 0 Å². The van der Waals surface area contributed by atoms with E-state index in [9.17, 15) is 17.2 Å². The number of hydrogen-bond donors (Lipinski definition) is 1. The van der Waals surface area contributed by atoms with Crippen LogP contribution >= 0.6 is 0 Å². The molecule has 0 spiro atoms. The Labute approximate surface area is 78.6 Å². The van der Waals surface area contributed by atoms with E-state index in [1.165, 1.54) is 6.07 Å². The molecule has 0 radical (unpaired) electrons. The normalized spacial score (nSPS) is 11.0. The summed E-state index contributed by atoms with van der Waals surface area (Å²) in [4.78, 5) is -0.702. The molecule has 0 heterocycles. The van der Waals surface area contributed by atoms with Crippen LogP contribution in [-0.4, -0.2) is 8.42 Å². The number of hydrogen-bond acceptors (Lipinski definition) is 3. The minimum atomic E-state index is -4.16. The van der Waals surface area contributed by atoms with Crippen molar-refractivity contribution in [3.8, 4) is 6.07 Å². The van der Waals surface area contributed by atoms with Gasteiger partial charge in [0.15, 0.2) is 0 Å². The van der Waals surface area contributed by atoms with E-state index in [4.69, 9.17) is 5.26 Å². The topological polar surface area (TPSA) is 83.9 Å². The maximum absolute atomic E-state index is 12.9. The summed E-state index contributed by atoms with van der Waals surface area (Å²) in [5, 5.41) is 12.9. The van der Waals surface area contributed by atoms with E-state index < -0.39 is 32.1 Å². The van der Waals surface area contributed by atoms with Gasteiger partial charge in [-0.05, 0) is 12.1 Å². The van der Waals surface area contributed by atoms with Crippen LogP contribution in [0, 0.1) is 23.0 Å². The van der Waals surface area contributed by atoms with E-state index in [1.54, 1.807) is 0 Å². The summed E-state index contributed by atoms with van der Waals surface area (Å²) in [6.45, 7) is 0. The molecule has 0 amide bonds. The summed E-state index contributed by atoms with van der Waals surface area (Å²) in [5.41, 5.74) is -0.836. The highest BCUT2D eigenvalue weighted by Gasteiger charge is 2.16.